The van der Waals surface area contributed by atoms with E-state index in [1.165, 1.54) is 0 Å². The molecule has 118 valence electrons. The number of likely N-dealkylation sites (tertiary alicyclic amines) is 1. The number of carbonyl (C=O) groups is 2. The van der Waals surface area contributed by atoms with Crippen molar-refractivity contribution in [1.82, 2.24) is 10.2 Å². The summed E-state index contributed by atoms with van der Waals surface area (Å²) in [6, 6.07) is 0. The van der Waals surface area contributed by atoms with Crippen molar-refractivity contribution in [2.45, 2.75) is 40.0 Å². The van der Waals surface area contributed by atoms with Gasteiger partial charge in [0, 0.05) is 19.5 Å². The molecule has 0 aromatic rings. The van der Waals surface area contributed by atoms with E-state index in [0.29, 0.717) is 18.9 Å². The average molecular weight is 306 g/mol. The zero-order valence-corrected chi connectivity index (χ0v) is 13.6. The molecule has 0 aliphatic carbocycles. The third kappa shape index (κ3) is 7.10. The van der Waals surface area contributed by atoms with Crippen LogP contribution < -0.4 is 11.1 Å². The Labute approximate surface area is 128 Å². The first-order valence-corrected chi connectivity index (χ1v) is 7.06. The number of nitrogens with two attached hydrogens (primary N) is 1. The standard InChI is InChI=1S/C14H27N3O2.ClH/c1-14(2,3)8-12(18)16-10-13(19)17-6-4-11(9-15)5-7-17;/h11H,4-10,15H2,1-3H3,(H,16,18);1H. The fourth-order valence-electron chi connectivity index (χ4n) is 2.25. The molecule has 5 nitrogen and oxygen atoms in total. The largest absolute Gasteiger partial charge is 0.347 e. The number of carbonyl (C=O) groups excluding carboxylic acids is 2. The van der Waals surface area contributed by atoms with Crippen molar-refractivity contribution < 1.29 is 9.59 Å². The van der Waals surface area contributed by atoms with Gasteiger partial charge in [-0.25, -0.2) is 0 Å². The maximum atomic E-state index is 11.9. The second-order valence-corrected chi connectivity index (χ2v) is 6.57. The highest BCUT2D eigenvalue weighted by Crippen LogP contribution is 2.18. The van der Waals surface area contributed by atoms with E-state index in [1.807, 2.05) is 25.7 Å². The predicted octanol–water partition coefficient (Wildman–Crippen LogP) is 1.16. The van der Waals surface area contributed by atoms with Gasteiger partial charge in [-0.15, -0.1) is 12.4 Å². The molecule has 1 aliphatic heterocycles. The van der Waals surface area contributed by atoms with E-state index >= 15 is 0 Å². The number of hydrogen-bond donors (Lipinski definition) is 2. The van der Waals surface area contributed by atoms with Crippen LogP contribution in [0.25, 0.3) is 0 Å². The van der Waals surface area contributed by atoms with E-state index in [9.17, 15) is 9.59 Å². The van der Waals surface area contributed by atoms with Crippen LogP contribution >= 0.6 is 12.4 Å². The Morgan fingerprint density at radius 3 is 2.25 bits per heavy atom. The summed E-state index contributed by atoms with van der Waals surface area (Å²) in [5.41, 5.74) is 5.57. The third-order valence-corrected chi connectivity index (χ3v) is 3.43. The van der Waals surface area contributed by atoms with Crippen LogP contribution in [-0.2, 0) is 9.59 Å². The van der Waals surface area contributed by atoms with Gasteiger partial charge in [0.05, 0.1) is 6.54 Å². The van der Waals surface area contributed by atoms with E-state index in [4.69, 9.17) is 5.73 Å². The predicted molar refractivity (Wildman–Crippen MR) is 82.7 cm³/mol. The van der Waals surface area contributed by atoms with E-state index in [0.717, 1.165) is 25.9 Å². The lowest BCUT2D eigenvalue weighted by atomic mass is 9.92. The van der Waals surface area contributed by atoms with Crippen LogP contribution in [0.4, 0.5) is 0 Å². The molecule has 0 saturated carbocycles. The molecule has 0 bridgehead atoms. The number of rotatable bonds is 4. The monoisotopic (exact) mass is 305 g/mol. The van der Waals surface area contributed by atoms with Gasteiger partial charge in [0.15, 0.2) is 0 Å². The van der Waals surface area contributed by atoms with Crippen molar-refractivity contribution in [2.75, 3.05) is 26.2 Å². The van der Waals surface area contributed by atoms with Crippen LogP contribution in [0.2, 0.25) is 0 Å². The number of nitrogens with one attached hydrogen (secondary N) is 1. The molecule has 1 fully saturated rings. The first-order valence-electron chi connectivity index (χ1n) is 7.06. The Morgan fingerprint density at radius 2 is 1.80 bits per heavy atom. The van der Waals surface area contributed by atoms with Gasteiger partial charge in [-0.1, -0.05) is 20.8 Å². The van der Waals surface area contributed by atoms with E-state index in [2.05, 4.69) is 5.32 Å². The lowest BCUT2D eigenvalue weighted by Crippen LogP contribution is -2.45. The van der Waals surface area contributed by atoms with E-state index < -0.39 is 0 Å². The highest BCUT2D eigenvalue weighted by Gasteiger charge is 2.22. The van der Waals surface area contributed by atoms with Crippen LogP contribution in [0.5, 0.6) is 0 Å². The molecule has 0 aromatic heterocycles. The Bertz CT molecular complexity index is 321. The van der Waals surface area contributed by atoms with Crippen molar-refractivity contribution in [3.8, 4) is 0 Å². The van der Waals surface area contributed by atoms with Crippen molar-refractivity contribution in [3.05, 3.63) is 0 Å². The van der Waals surface area contributed by atoms with Crippen LogP contribution in [0.15, 0.2) is 0 Å². The van der Waals surface area contributed by atoms with Gasteiger partial charge in [0.25, 0.3) is 0 Å². The lowest BCUT2D eigenvalue weighted by Gasteiger charge is -2.31. The van der Waals surface area contributed by atoms with Crippen molar-refractivity contribution in [3.63, 3.8) is 0 Å². The molecule has 20 heavy (non-hydrogen) atoms. The van der Waals surface area contributed by atoms with Gasteiger partial charge in [0.2, 0.25) is 11.8 Å². The topological polar surface area (TPSA) is 75.4 Å². The second kappa shape index (κ2) is 8.47. The Kier molecular flexibility index (Phi) is 8.13. The molecule has 1 aliphatic rings. The summed E-state index contributed by atoms with van der Waals surface area (Å²) in [6.07, 6.45) is 2.38. The van der Waals surface area contributed by atoms with Gasteiger partial charge in [-0.2, -0.15) is 0 Å². The van der Waals surface area contributed by atoms with Gasteiger partial charge >= 0.3 is 0 Å². The number of halogens is 1. The Balaban J connectivity index is 0.00000361. The zero-order chi connectivity index (χ0) is 14.5. The number of piperidine rings is 1. The van der Waals surface area contributed by atoms with Crippen molar-refractivity contribution in [2.24, 2.45) is 17.1 Å². The summed E-state index contributed by atoms with van der Waals surface area (Å²) in [4.78, 5) is 25.4. The van der Waals surface area contributed by atoms with Gasteiger partial charge in [-0.3, -0.25) is 9.59 Å². The maximum Gasteiger partial charge on any atom is 0.241 e. The summed E-state index contributed by atoms with van der Waals surface area (Å²) < 4.78 is 0. The molecular formula is C14H28ClN3O2. The molecule has 6 heteroatoms. The first kappa shape index (κ1) is 19.2. The molecule has 0 radical (unpaired) electrons. The smallest absolute Gasteiger partial charge is 0.241 e. The quantitative estimate of drug-likeness (QED) is 0.818. The van der Waals surface area contributed by atoms with E-state index in [-0.39, 0.29) is 36.2 Å². The molecule has 0 aromatic carbocycles. The van der Waals surface area contributed by atoms with Crippen LogP contribution in [0.3, 0.4) is 0 Å². The average Bonchev–Trinajstić information content (AvgIpc) is 2.34. The summed E-state index contributed by atoms with van der Waals surface area (Å²) in [6.45, 7) is 8.35. The van der Waals surface area contributed by atoms with E-state index in [1.54, 1.807) is 0 Å². The van der Waals surface area contributed by atoms with Crippen LogP contribution in [-0.4, -0.2) is 42.9 Å². The molecule has 0 unspecified atom stereocenters. The van der Waals surface area contributed by atoms with Gasteiger partial charge in [-0.05, 0) is 30.7 Å². The summed E-state index contributed by atoms with van der Waals surface area (Å²) in [5.74, 6) is 0.495. The lowest BCUT2D eigenvalue weighted by molar-refractivity contribution is -0.134. The maximum absolute atomic E-state index is 11.9. The number of hydrogen-bond acceptors (Lipinski definition) is 3. The molecule has 1 saturated heterocycles. The Morgan fingerprint density at radius 1 is 1.25 bits per heavy atom. The Hall–Kier alpha value is -0.810. The number of amides is 2. The molecular weight excluding hydrogens is 278 g/mol. The summed E-state index contributed by atoms with van der Waals surface area (Å²) in [7, 11) is 0. The molecule has 0 spiro atoms. The van der Waals surface area contributed by atoms with Gasteiger partial charge in [0.1, 0.15) is 0 Å². The molecule has 0 atom stereocenters. The van der Waals surface area contributed by atoms with Crippen molar-refractivity contribution in [1.29, 1.82) is 0 Å². The van der Waals surface area contributed by atoms with Crippen LogP contribution in [0, 0.1) is 11.3 Å². The number of nitrogens with zero attached hydrogens (tertiary/aromatic N) is 1. The molecule has 1 heterocycles. The third-order valence-electron chi connectivity index (χ3n) is 3.43. The SMILES string of the molecule is CC(C)(C)CC(=O)NCC(=O)N1CCC(CN)CC1.Cl. The fraction of sp³-hybridized carbons (Fsp3) is 0.857. The molecule has 2 amide bonds. The summed E-state index contributed by atoms with van der Waals surface area (Å²) >= 11 is 0. The highest BCUT2D eigenvalue weighted by atomic mass is 35.5. The highest BCUT2D eigenvalue weighted by molar-refractivity contribution is 5.85. The zero-order valence-electron chi connectivity index (χ0n) is 12.8. The molecule has 3 N–H and O–H groups in total. The minimum atomic E-state index is -0.0577. The fourth-order valence-corrected chi connectivity index (χ4v) is 2.25. The minimum Gasteiger partial charge on any atom is -0.347 e. The van der Waals surface area contributed by atoms with Gasteiger partial charge < -0.3 is 16.0 Å². The molecule has 1 rings (SSSR count). The van der Waals surface area contributed by atoms with Crippen LogP contribution in [0.1, 0.15) is 40.0 Å². The summed E-state index contributed by atoms with van der Waals surface area (Å²) in [5, 5.41) is 2.71. The minimum absolute atomic E-state index is 0. The van der Waals surface area contributed by atoms with Crippen molar-refractivity contribution >= 4 is 24.2 Å². The normalized spacial score (nSPS) is 16.5. The second-order valence-electron chi connectivity index (χ2n) is 6.57. The first-order chi connectivity index (χ1) is 8.81.